The number of aromatic nitrogens is 3. The first kappa shape index (κ1) is 14.9. The number of allylic oxidation sites excluding steroid dienone is 1. The van der Waals surface area contributed by atoms with E-state index in [1.807, 2.05) is 6.20 Å². The molecule has 110 valence electrons. The maximum Gasteiger partial charge on any atom is 0.262 e. The summed E-state index contributed by atoms with van der Waals surface area (Å²) in [6, 6.07) is 0. The molecule has 1 aromatic rings. The zero-order valence-electron chi connectivity index (χ0n) is 12.1. The summed E-state index contributed by atoms with van der Waals surface area (Å²) < 4.78 is 15.2. The Hall–Kier alpha value is -1.50. The predicted molar refractivity (Wildman–Crippen MR) is 76.6 cm³/mol. The van der Waals surface area contributed by atoms with Gasteiger partial charge in [0.25, 0.3) is 5.91 Å². The average molecular weight is 296 g/mol. The quantitative estimate of drug-likeness (QED) is 0.750. The van der Waals surface area contributed by atoms with Crippen LogP contribution in [0.2, 0.25) is 0 Å². The number of nitrogens with zero attached hydrogens (tertiary/aromatic N) is 4. The van der Waals surface area contributed by atoms with Gasteiger partial charge in [-0.15, -0.1) is 5.10 Å². The zero-order chi connectivity index (χ0) is 14.7. The van der Waals surface area contributed by atoms with Crippen LogP contribution in [-0.2, 0) is 28.9 Å². The third kappa shape index (κ3) is 2.98. The summed E-state index contributed by atoms with van der Waals surface area (Å²) in [6.07, 6.45) is 5.20. The summed E-state index contributed by atoms with van der Waals surface area (Å²) in [7, 11) is -1.38. The first-order valence-electron chi connectivity index (χ1n) is 6.84. The van der Waals surface area contributed by atoms with Crippen molar-refractivity contribution in [2.24, 2.45) is 0 Å². The molecule has 1 aliphatic rings. The van der Waals surface area contributed by atoms with Crippen molar-refractivity contribution in [1.29, 1.82) is 0 Å². The van der Waals surface area contributed by atoms with Gasteiger partial charge in [-0.05, 0) is 20.3 Å². The third-order valence-corrected chi connectivity index (χ3v) is 4.95. The first-order chi connectivity index (χ1) is 9.54. The number of amides is 1. The van der Waals surface area contributed by atoms with Gasteiger partial charge >= 0.3 is 0 Å². The molecule has 0 saturated carbocycles. The monoisotopic (exact) mass is 296 g/mol. The van der Waals surface area contributed by atoms with Crippen LogP contribution in [0, 0.1) is 0 Å². The van der Waals surface area contributed by atoms with Crippen molar-refractivity contribution < 1.29 is 9.00 Å². The van der Waals surface area contributed by atoms with Crippen LogP contribution in [0.25, 0.3) is 0 Å². The lowest BCUT2D eigenvalue weighted by Gasteiger charge is -2.12. The Bertz CT molecular complexity index is 540. The van der Waals surface area contributed by atoms with E-state index in [1.165, 1.54) is 4.31 Å². The molecule has 0 bridgehead atoms. The van der Waals surface area contributed by atoms with Crippen LogP contribution in [0.4, 0.5) is 0 Å². The average Bonchev–Trinajstić information content (AvgIpc) is 2.95. The van der Waals surface area contributed by atoms with E-state index in [0.717, 1.165) is 25.8 Å². The maximum atomic E-state index is 12.1. The van der Waals surface area contributed by atoms with Crippen molar-refractivity contribution in [3.63, 3.8) is 0 Å². The lowest BCUT2D eigenvalue weighted by atomic mass is 10.2. The van der Waals surface area contributed by atoms with Gasteiger partial charge in [-0.25, -0.2) is 8.51 Å². The maximum absolute atomic E-state index is 12.1. The Morgan fingerprint density at radius 1 is 1.30 bits per heavy atom. The molecule has 1 aliphatic heterocycles. The Kier molecular flexibility index (Phi) is 4.69. The SMILES string of the molecule is CCCCCn1cc(CN2C(=O)C(C)=C(C)S2=O)nn1. The van der Waals surface area contributed by atoms with Crippen LogP contribution >= 0.6 is 0 Å². The van der Waals surface area contributed by atoms with E-state index >= 15 is 0 Å². The van der Waals surface area contributed by atoms with Crippen molar-refractivity contribution in [3.8, 4) is 0 Å². The van der Waals surface area contributed by atoms with Gasteiger partial charge in [-0.2, -0.15) is 0 Å². The van der Waals surface area contributed by atoms with Crippen molar-refractivity contribution in [1.82, 2.24) is 19.3 Å². The van der Waals surface area contributed by atoms with Crippen molar-refractivity contribution in [2.75, 3.05) is 0 Å². The Labute approximate surface area is 121 Å². The number of carbonyl (C=O) groups is 1. The van der Waals surface area contributed by atoms with E-state index in [1.54, 1.807) is 18.5 Å². The predicted octanol–water partition coefficient (Wildman–Crippen LogP) is 1.77. The topological polar surface area (TPSA) is 68.1 Å². The third-order valence-electron chi connectivity index (χ3n) is 3.42. The first-order valence-corrected chi connectivity index (χ1v) is 7.95. The van der Waals surface area contributed by atoms with Gasteiger partial charge in [0.2, 0.25) is 0 Å². The van der Waals surface area contributed by atoms with Crippen molar-refractivity contribution >= 4 is 16.9 Å². The molecule has 2 heterocycles. The molecule has 6 nitrogen and oxygen atoms in total. The molecule has 0 aromatic carbocycles. The van der Waals surface area contributed by atoms with Gasteiger partial charge in [0.15, 0.2) is 11.0 Å². The van der Waals surface area contributed by atoms with Gasteiger partial charge < -0.3 is 0 Å². The molecule has 0 radical (unpaired) electrons. The van der Waals surface area contributed by atoms with E-state index in [0.29, 0.717) is 16.2 Å². The Balaban J connectivity index is 1.98. The summed E-state index contributed by atoms with van der Waals surface area (Å²) in [5.74, 6) is -0.179. The van der Waals surface area contributed by atoms with Gasteiger partial charge in [-0.3, -0.25) is 9.48 Å². The summed E-state index contributed by atoms with van der Waals surface area (Å²) in [5.41, 5.74) is 1.24. The highest BCUT2D eigenvalue weighted by atomic mass is 32.2. The molecule has 0 N–H and O–H groups in total. The fourth-order valence-electron chi connectivity index (χ4n) is 2.03. The van der Waals surface area contributed by atoms with Crippen LogP contribution in [-0.4, -0.2) is 29.4 Å². The molecular weight excluding hydrogens is 276 g/mol. The van der Waals surface area contributed by atoms with E-state index in [-0.39, 0.29) is 12.5 Å². The molecule has 2 rings (SSSR count). The van der Waals surface area contributed by atoms with Crippen molar-refractivity contribution in [3.05, 3.63) is 22.4 Å². The zero-order valence-corrected chi connectivity index (χ0v) is 12.9. The number of unbranched alkanes of at least 4 members (excludes halogenated alkanes) is 2. The second-order valence-corrected chi connectivity index (χ2v) is 6.50. The van der Waals surface area contributed by atoms with E-state index in [4.69, 9.17) is 0 Å². The Morgan fingerprint density at radius 3 is 2.65 bits per heavy atom. The van der Waals surface area contributed by atoms with Crippen LogP contribution in [0.1, 0.15) is 45.7 Å². The Morgan fingerprint density at radius 2 is 2.05 bits per heavy atom. The molecule has 1 unspecified atom stereocenters. The van der Waals surface area contributed by atoms with Crippen LogP contribution in [0.15, 0.2) is 16.7 Å². The summed E-state index contributed by atoms with van der Waals surface area (Å²) in [5, 5.41) is 8.08. The molecule has 0 aliphatic carbocycles. The molecule has 1 atom stereocenters. The molecule has 1 amide bonds. The summed E-state index contributed by atoms with van der Waals surface area (Å²) in [4.78, 5) is 12.6. The van der Waals surface area contributed by atoms with Gasteiger partial charge in [0.05, 0.1) is 12.7 Å². The second kappa shape index (κ2) is 6.30. The fourth-order valence-corrected chi connectivity index (χ4v) is 3.25. The highest BCUT2D eigenvalue weighted by Crippen LogP contribution is 2.24. The van der Waals surface area contributed by atoms with Gasteiger partial charge in [0.1, 0.15) is 5.69 Å². The van der Waals surface area contributed by atoms with E-state index in [2.05, 4.69) is 17.2 Å². The van der Waals surface area contributed by atoms with Crippen LogP contribution in [0.3, 0.4) is 0 Å². The molecule has 0 fully saturated rings. The second-order valence-electron chi connectivity index (χ2n) is 4.95. The molecule has 7 heteroatoms. The minimum absolute atomic E-state index is 0.179. The number of hydrogen-bond acceptors (Lipinski definition) is 4. The number of hydrogen-bond donors (Lipinski definition) is 0. The lowest BCUT2D eigenvalue weighted by Crippen LogP contribution is -2.27. The molecule has 1 aromatic heterocycles. The number of rotatable bonds is 6. The van der Waals surface area contributed by atoms with Crippen LogP contribution < -0.4 is 0 Å². The van der Waals surface area contributed by atoms with E-state index < -0.39 is 11.0 Å². The minimum atomic E-state index is -1.38. The van der Waals surface area contributed by atoms with Gasteiger partial charge in [0, 0.05) is 17.0 Å². The largest absolute Gasteiger partial charge is 0.268 e. The highest BCUT2D eigenvalue weighted by molar-refractivity contribution is 7.87. The molecule has 0 saturated heterocycles. The number of aryl methyl sites for hydroxylation is 1. The van der Waals surface area contributed by atoms with Crippen LogP contribution in [0.5, 0.6) is 0 Å². The molecule has 0 spiro atoms. The fraction of sp³-hybridized carbons (Fsp3) is 0.615. The van der Waals surface area contributed by atoms with E-state index in [9.17, 15) is 9.00 Å². The smallest absolute Gasteiger partial charge is 0.262 e. The number of carbonyl (C=O) groups excluding carboxylic acids is 1. The normalized spacial score (nSPS) is 19.2. The molecule has 20 heavy (non-hydrogen) atoms. The van der Waals surface area contributed by atoms with Crippen molar-refractivity contribution in [2.45, 2.75) is 53.1 Å². The summed E-state index contributed by atoms with van der Waals surface area (Å²) in [6.45, 7) is 6.66. The van der Waals surface area contributed by atoms with Gasteiger partial charge in [-0.1, -0.05) is 25.0 Å². The minimum Gasteiger partial charge on any atom is -0.268 e. The lowest BCUT2D eigenvalue weighted by molar-refractivity contribution is -0.122. The summed E-state index contributed by atoms with van der Waals surface area (Å²) >= 11 is 0. The highest BCUT2D eigenvalue weighted by Gasteiger charge is 2.32. The molecular formula is C13H20N4O2S. The standard InChI is InChI=1S/C13H20N4O2S/c1-4-5-6-7-16-8-12(14-15-16)9-17-13(18)10(2)11(3)20(17)19/h8H,4-7,9H2,1-3H3.